The predicted molar refractivity (Wildman–Crippen MR) is 82.5 cm³/mol. The summed E-state index contributed by atoms with van der Waals surface area (Å²) in [5.74, 6) is -0.0846. The minimum absolute atomic E-state index is 0.0948. The summed E-state index contributed by atoms with van der Waals surface area (Å²) in [6.07, 6.45) is 2.53. The number of carbonyl (C=O) groups excluding carboxylic acids is 1. The molecule has 114 valence electrons. The van der Waals surface area contributed by atoms with Crippen molar-refractivity contribution in [3.8, 4) is 11.5 Å². The van der Waals surface area contributed by atoms with E-state index in [9.17, 15) is 13.2 Å². The van der Waals surface area contributed by atoms with E-state index in [1.807, 2.05) is 6.92 Å². The van der Waals surface area contributed by atoms with Crippen LogP contribution in [0.5, 0.6) is 11.5 Å². The van der Waals surface area contributed by atoms with Crippen molar-refractivity contribution < 1.29 is 17.9 Å². The fourth-order valence-corrected chi connectivity index (χ4v) is 2.56. The molecule has 22 heavy (non-hydrogen) atoms. The fourth-order valence-electron chi connectivity index (χ4n) is 1.75. The Labute approximate surface area is 128 Å². The monoisotopic (exact) mass is 318 g/mol. The molecule has 1 heterocycles. The van der Waals surface area contributed by atoms with Crippen LogP contribution >= 0.6 is 0 Å². The Balaban J connectivity index is 2.48. The van der Waals surface area contributed by atoms with Gasteiger partial charge >= 0.3 is 0 Å². The molecule has 0 unspecified atom stereocenters. The summed E-state index contributed by atoms with van der Waals surface area (Å²) in [5.41, 5.74) is 0.943. The van der Waals surface area contributed by atoms with Gasteiger partial charge in [-0.2, -0.15) is 0 Å². The normalized spacial score (nSPS) is 11.0. The van der Waals surface area contributed by atoms with Gasteiger partial charge in [0.1, 0.15) is 16.4 Å². The van der Waals surface area contributed by atoms with Gasteiger partial charge in [-0.05, 0) is 44.0 Å². The van der Waals surface area contributed by atoms with Crippen molar-refractivity contribution in [2.75, 3.05) is 6.26 Å². The first kappa shape index (κ1) is 15.8. The van der Waals surface area contributed by atoms with Crippen LogP contribution in [0.3, 0.4) is 0 Å². The average molecular weight is 318 g/mol. The van der Waals surface area contributed by atoms with Crippen LogP contribution in [0.4, 0.5) is 0 Å². The Bertz CT molecular complexity index is 827. The number of carbonyl (C=O) groups is 1. The summed E-state index contributed by atoms with van der Waals surface area (Å²) < 4.78 is 29.4. The number of hydrogen-bond donors (Lipinski definition) is 0. The predicted octanol–water partition coefficient (Wildman–Crippen LogP) is 2.43. The molecule has 0 bridgehead atoms. The van der Waals surface area contributed by atoms with E-state index in [-0.39, 0.29) is 16.2 Å². The molecule has 0 atom stereocenters. The Morgan fingerprint density at radius 2 is 2.00 bits per heavy atom. The highest BCUT2D eigenvalue weighted by molar-refractivity contribution is 7.90. The Kier molecular flexibility index (Phi) is 4.37. The topological polar surface area (TPSA) is 85.7 Å². The molecular weight excluding hydrogens is 304 g/mol. The molecule has 2 rings (SSSR count). The number of sulfone groups is 1. The molecule has 0 spiro atoms. The Morgan fingerprint density at radius 3 is 2.55 bits per heavy atom. The van der Waals surface area contributed by atoms with E-state index < -0.39 is 15.7 Å². The number of benzene rings is 1. The summed E-state index contributed by atoms with van der Waals surface area (Å²) in [7, 11) is -3.59. The molecule has 0 aliphatic heterocycles. The number of hydrogen-bond acceptors (Lipinski definition) is 5. The molecular formula is C15H14N2O4S. The lowest BCUT2D eigenvalue weighted by atomic mass is 10.2. The zero-order valence-corrected chi connectivity index (χ0v) is 12.9. The van der Waals surface area contributed by atoms with E-state index in [4.69, 9.17) is 4.74 Å². The molecule has 2 aromatic rings. The second kappa shape index (κ2) is 6.07. The van der Waals surface area contributed by atoms with E-state index in [2.05, 4.69) is 16.7 Å². The molecule has 1 aromatic carbocycles. The van der Waals surface area contributed by atoms with Crippen LogP contribution in [0, 0.1) is 6.92 Å². The Hall–Kier alpha value is -2.54. The molecule has 0 N–H and O–H groups in total. The third kappa shape index (κ3) is 3.56. The van der Waals surface area contributed by atoms with Crippen molar-refractivity contribution in [3.05, 3.63) is 47.8 Å². The zero-order chi connectivity index (χ0) is 16.3. The van der Waals surface area contributed by atoms with Gasteiger partial charge in [-0.25, -0.2) is 13.4 Å². The third-order valence-electron chi connectivity index (χ3n) is 2.85. The van der Waals surface area contributed by atoms with Crippen LogP contribution in [-0.4, -0.2) is 32.3 Å². The lowest BCUT2D eigenvalue weighted by Crippen LogP contribution is -2.04. The van der Waals surface area contributed by atoms with E-state index >= 15 is 0 Å². The second-order valence-electron chi connectivity index (χ2n) is 4.63. The molecule has 6 nitrogen and oxygen atoms in total. The van der Waals surface area contributed by atoms with Crippen LogP contribution in [-0.2, 0) is 9.84 Å². The number of aliphatic imine (C=N–C) groups is 1. The maximum atomic E-state index is 11.9. The lowest BCUT2D eigenvalue weighted by Gasteiger charge is -2.11. The van der Waals surface area contributed by atoms with E-state index in [0.29, 0.717) is 5.75 Å². The van der Waals surface area contributed by atoms with Crippen molar-refractivity contribution in [1.82, 2.24) is 4.98 Å². The lowest BCUT2D eigenvalue weighted by molar-refractivity contribution is 0.100. The third-order valence-corrected chi connectivity index (χ3v) is 3.96. The highest BCUT2D eigenvalue weighted by atomic mass is 32.2. The fraction of sp³-hybridized carbons (Fsp3) is 0.133. The van der Waals surface area contributed by atoms with E-state index in [0.717, 1.165) is 11.9 Å². The molecule has 0 saturated carbocycles. The van der Waals surface area contributed by atoms with Crippen LogP contribution in [0.2, 0.25) is 0 Å². The van der Waals surface area contributed by atoms with Gasteiger partial charge < -0.3 is 4.74 Å². The van der Waals surface area contributed by atoms with Gasteiger partial charge in [0.2, 0.25) is 0 Å². The standard InChI is InChI=1S/C15H14N2O4S/c1-10-4-6-12(9-17-10)21-13-7-5-11(15(18)16-2)8-14(13)22(3,19)20/h4-9H,2H2,1,3H3. The van der Waals surface area contributed by atoms with Crippen molar-refractivity contribution in [2.24, 2.45) is 4.99 Å². The minimum atomic E-state index is -3.59. The number of rotatable bonds is 4. The zero-order valence-electron chi connectivity index (χ0n) is 12.1. The van der Waals surface area contributed by atoms with Gasteiger partial charge in [0.15, 0.2) is 9.84 Å². The van der Waals surface area contributed by atoms with Crippen molar-refractivity contribution >= 4 is 22.5 Å². The molecule has 0 saturated heterocycles. The van der Waals surface area contributed by atoms with Gasteiger partial charge in [-0.3, -0.25) is 9.78 Å². The molecule has 1 aromatic heterocycles. The number of aromatic nitrogens is 1. The van der Waals surface area contributed by atoms with Crippen LogP contribution in [0.15, 0.2) is 46.4 Å². The summed E-state index contributed by atoms with van der Waals surface area (Å²) in [5, 5.41) is 0. The Morgan fingerprint density at radius 1 is 1.27 bits per heavy atom. The number of ether oxygens (including phenoxy) is 1. The molecule has 7 heteroatoms. The van der Waals surface area contributed by atoms with Gasteiger partial charge in [0.05, 0.1) is 6.20 Å². The largest absolute Gasteiger partial charge is 0.454 e. The molecule has 1 amide bonds. The van der Waals surface area contributed by atoms with Gasteiger partial charge in [-0.15, -0.1) is 0 Å². The molecule has 0 aliphatic rings. The van der Waals surface area contributed by atoms with Crippen LogP contribution < -0.4 is 4.74 Å². The number of pyridine rings is 1. The maximum absolute atomic E-state index is 11.9. The molecule has 0 radical (unpaired) electrons. The summed E-state index contributed by atoms with van der Waals surface area (Å²) >= 11 is 0. The minimum Gasteiger partial charge on any atom is -0.454 e. The second-order valence-corrected chi connectivity index (χ2v) is 6.62. The van der Waals surface area contributed by atoms with Crippen molar-refractivity contribution in [1.29, 1.82) is 0 Å². The maximum Gasteiger partial charge on any atom is 0.276 e. The SMILES string of the molecule is C=NC(=O)c1ccc(Oc2ccc(C)nc2)c(S(C)(=O)=O)c1. The quantitative estimate of drug-likeness (QED) is 0.808. The average Bonchev–Trinajstić information content (AvgIpc) is 2.48. The van der Waals surface area contributed by atoms with Crippen molar-refractivity contribution in [2.45, 2.75) is 11.8 Å². The first-order valence-corrected chi connectivity index (χ1v) is 8.16. The van der Waals surface area contributed by atoms with E-state index in [1.165, 1.54) is 24.4 Å². The molecule has 0 fully saturated rings. The number of aryl methyl sites for hydroxylation is 1. The highest BCUT2D eigenvalue weighted by Gasteiger charge is 2.18. The number of nitrogens with zero attached hydrogens (tertiary/aromatic N) is 2. The molecule has 0 aliphatic carbocycles. The smallest absolute Gasteiger partial charge is 0.276 e. The summed E-state index contributed by atoms with van der Waals surface area (Å²) in [6.45, 7) is 4.97. The highest BCUT2D eigenvalue weighted by Crippen LogP contribution is 2.29. The number of amides is 1. The van der Waals surface area contributed by atoms with Crippen molar-refractivity contribution in [3.63, 3.8) is 0 Å². The summed E-state index contributed by atoms with van der Waals surface area (Å²) in [6, 6.07) is 7.49. The van der Waals surface area contributed by atoms with Crippen LogP contribution in [0.25, 0.3) is 0 Å². The van der Waals surface area contributed by atoms with E-state index in [1.54, 1.807) is 12.1 Å². The first-order chi connectivity index (χ1) is 10.3. The van der Waals surface area contributed by atoms with Crippen LogP contribution in [0.1, 0.15) is 16.1 Å². The van der Waals surface area contributed by atoms with Gasteiger partial charge in [0, 0.05) is 17.5 Å². The van der Waals surface area contributed by atoms with Gasteiger partial charge in [-0.1, -0.05) is 0 Å². The summed E-state index contributed by atoms with van der Waals surface area (Å²) in [4.78, 5) is 18.8. The van der Waals surface area contributed by atoms with Gasteiger partial charge in [0.25, 0.3) is 5.91 Å². The first-order valence-electron chi connectivity index (χ1n) is 6.27.